The topological polar surface area (TPSA) is 20.2 Å². The molecule has 2 heteroatoms. The molecule has 0 aliphatic heterocycles. The quantitative estimate of drug-likeness (QED) is 0.654. The molecule has 1 nitrogen and oxygen atoms in total. The van der Waals surface area contributed by atoms with Crippen LogP contribution < -0.4 is 0 Å². The van der Waals surface area contributed by atoms with Crippen molar-refractivity contribution in [1.82, 2.24) is 0 Å². The summed E-state index contributed by atoms with van der Waals surface area (Å²) < 4.78 is 13.3. The van der Waals surface area contributed by atoms with Gasteiger partial charge >= 0.3 is 0 Å². The number of phenolic OH excluding ortho intramolecular Hbond substituents is 1. The van der Waals surface area contributed by atoms with Crippen molar-refractivity contribution in [1.29, 1.82) is 0 Å². The van der Waals surface area contributed by atoms with Gasteiger partial charge < -0.3 is 5.11 Å². The fourth-order valence-corrected chi connectivity index (χ4v) is 1.18. The highest BCUT2D eigenvalue weighted by Crippen LogP contribution is 2.49. The molecule has 0 atom stereocenters. The Kier molecular flexibility index (Phi) is 1.19. The summed E-state index contributed by atoms with van der Waals surface area (Å²) >= 11 is 0. The number of benzene rings is 1. The van der Waals surface area contributed by atoms with Crippen molar-refractivity contribution in [3.05, 3.63) is 29.8 Å². The lowest BCUT2D eigenvalue weighted by atomic mass is 10.1. The maximum atomic E-state index is 13.3. The smallest absolute Gasteiger partial charge is 0.136 e. The highest BCUT2D eigenvalue weighted by molar-refractivity contribution is 5.34. The standard InChI is InChI=1S/C9H9FO/c10-9(4-5-9)7-2-1-3-8(11)6-7/h1-3,6,11H,4-5H2. The number of hydrogen-bond acceptors (Lipinski definition) is 1. The van der Waals surface area contributed by atoms with E-state index in [1.54, 1.807) is 18.2 Å². The monoisotopic (exact) mass is 152 g/mol. The summed E-state index contributed by atoms with van der Waals surface area (Å²) in [5.41, 5.74) is -0.517. The number of halogens is 1. The average molecular weight is 152 g/mol. The highest BCUT2D eigenvalue weighted by atomic mass is 19.1. The van der Waals surface area contributed by atoms with E-state index >= 15 is 0 Å². The first-order chi connectivity index (χ1) is 5.21. The molecule has 1 aromatic rings. The summed E-state index contributed by atoms with van der Waals surface area (Å²) in [5, 5.41) is 9.04. The Labute approximate surface area is 64.5 Å². The van der Waals surface area contributed by atoms with Crippen LogP contribution in [0.3, 0.4) is 0 Å². The Morgan fingerprint density at radius 2 is 2.09 bits per heavy atom. The first-order valence-corrected chi connectivity index (χ1v) is 3.69. The van der Waals surface area contributed by atoms with Crippen LogP contribution in [0.1, 0.15) is 18.4 Å². The number of aromatic hydroxyl groups is 1. The van der Waals surface area contributed by atoms with Crippen molar-refractivity contribution in [2.45, 2.75) is 18.5 Å². The molecule has 1 aliphatic rings. The molecule has 0 aromatic heterocycles. The van der Waals surface area contributed by atoms with Crippen LogP contribution in [0.15, 0.2) is 24.3 Å². The van der Waals surface area contributed by atoms with Gasteiger partial charge in [-0.15, -0.1) is 0 Å². The molecular weight excluding hydrogens is 143 g/mol. The fraction of sp³-hybridized carbons (Fsp3) is 0.333. The van der Waals surface area contributed by atoms with E-state index < -0.39 is 5.67 Å². The second-order valence-corrected chi connectivity index (χ2v) is 3.02. The van der Waals surface area contributed by atoms with E-state index in [0.29, 0.717) is 18.4 Å². The second-order valence-electron chi connectivity index (χ2n) is 3.02. The predicted molar refractivity (Wildman–Crippen MR) is 40.1 cm³/mol. The van der Waals surface area contributed by atoms with Crippen LogP contribution in [0.25, 0.3) is 0 Å². The van der Waals surface area contributed by atoms with Crippen LogP contribution in [0, 0.1) is 0 Å². The molecular formula is C9H9FO. The summed E-state index contributed by atoms with van der Waals surface area (Å²) in [6, 6.07) is 6.43. The summed E-state index contributed by atoms with van der Waals surface area (Å²) in [7, 11) is 0. The molecule has 0 bridgehead atoms. The molecule has 0 radical (unpaired) electrons. The summed E-state index contributed by atoms with van der Waals surface area (Å²) in [5.74, 6) is 0.145. The molecule has 0 heterocycles. The lowest BCUT2D eigenvalue weighted by molar-refractivity contribution is 0.316. The van der Waals surface area contributed by atoms with E-state index in [4.69, 9.17) is 5.11 Å². The van der Waals surface area contributed by atoms with E-state index in [2.05, 4.69) is 0 Å². The van der Waals surface area contributed by atoms with E-state index in [0.717, 1.165) is 0 Å². The molecule has 1 saturated carbocycles. The van der Waals surface area contributed by atoms with Crippen molar-refractivity contribution in [2.75, 3.05) is 0 Å². The number of rotatable bonds is 1. The first kappa shape index (κ1) is 6.65. The Balaban J connectivity index is 2.38. The molecule has 0 spiro atoms. The molecule has 0 saturated heterocycles. The van der Waals surface area contributed by atoms with E-state index in [1.807, 2.05) is 0 Å². The van der Waals surface area contributed by atoms with Gasteiger partial charge in [-0.2, -0.15) is 0 Å². The van der Waals surface area contributed by atoms with Gasteiger partial charge in [-0.3, -0.25) is 0 Å². The zero-order chi connectivity index (χ0) is 7.90. The molecule has 11 heavy (non-hydrogen) atoms. The lowest BCUT2D eigenvalue weighted by Gasteiger charge is -2.03. The van der Waals surface area contributed by atoms with Crippen LogP contribution >= 0.6 is 0 Å². The number of phenols is 1. The molecule has 1 aliphatic carbocycles. The van der Waals surface area contributed by atoms with Gasteiger partial charge in [-0.1, -0.05) is 12.1 Å². The van der Waals surface area contributed by atoms with E-state index in [9.17, 15) is 4.39 Å². The van der Waals surface area contributed by atoms with Crippen LogP contribution in [-0.4, -0.2) is 5.11 Å². The second kappa shape index (κ2) is 1.97. The van der Waals surface area contributed by atoms with Gasteiger partial charge in [0.05, 0.1) is 0 Å². The summed E-state index contributed by atoms with van der Waals surface area (Å²) in [6.45, 7) is 0. The van der Waals surface area contributed by atoms with Gasteiger partial charge in [0.15, 0.2) is 0 Å². The molecule has 1 N–H and O–H groups in total. The van der Waals surface area contributed by atoms with Crippen molar-refractivity contribution in [3.8, 4) is 5.75 Å². The van der Waals surface area contributed by atoms with E-state index in [-0.39, 0.29) is 5.75 Å². The third kappa shape index (κ3) is 1.09. The Hall–Kier alpha value is -1.05. The minimum absolute atomic E-state index is 0.145. The van der Waals surface area contributed by atoms with Crippen molar-refractivity contribution >= 4 is 0 Å². The average Bonchev–Trinajstić information content (AvgIpc) is 2.70. The highest BCUT2D eigenvalue weighted by Gasteiger charge is 2.44. The molecule has 0 amide bonds. The van der Waals surface area contributed by atoms with Crippen LogP contribution in [0.5, 0.6) is 5.75 Å². The molecule has 1 fully saturated rings. The Morgan fingerprint density at radius 1 is 1.36 bits per heavy atom. The largest absolute Gasteiger partial charge is 0.508 e. The summed E-state index contributed by atoms with van der Waals surface area (Å²) in [6.07, 6.45) is 1.19. The van der Waals surface area contributed by atoms with Crippen LogP contribution in [0.4, 0.5) is 4.39 Å². The van der Waals surface area contributed by atoms with Gasteiger partial charge in [0.25, 0.3) is 0 Å². The third-order valence-electron chi connectivity index (χ3n) is 2.05. The van der Waals surface area contributed by atoms with Gasteiger partial charge in [-0.05, 0) is 30.5 Å². The minimum atomic E-state index is -1.13. The maximum Gasteiger partial charge on any atom is 0.136 e. The SMILES string of the molecule is Oc1cccc(C2(F)CC2)c1. The lowest BCUT2D eigenvalue weighted by Crippen LogP contribution is -1.95. The molecule has 58 valence electrons. The van der Waals surface area contributed by atoms with Gasteiger partial charge in [0.2, 0.25) is 0 Å². The predicted octanol–water partition coefficient (Wildman–Crippen LogP) is 2.35. The third-order valence-corrected chi connectivity index (χ3v) is 2.05. The van der Waals surface area contributed by atoms with Crippen molar-refractivity contribution in [3.63, 3.8) is 0 Å². The molecule has 0 unspecified atom stereocenters. The van der Waals surface area contributed by atoms with Gasteiger partial charge in [0.1, 0.15) is 11.4 Å². The van der Waals surface area contributed by atoms with Crippen LogP contribution in [0.2, 0.25) is 0 Å². The maximum absolute atomic E-state index is 13.3. The molecule has 2 rings (SSSR count). The van der Waals surface area contributed by atoms with Gasteiger partial charge in [0, 0.05) is 0 Å². The Morgan fingerprint density at radius 3 is 2.64 bits per heavy atom. The fourth-order valence-electron chi connectivity index (χ4n) is 1.18. The summed E-state index contributed by atoms with van der Waals surface area (Å²) in [4.78, 5) is 0. The van der Waals surface area contributed by atoms with E-state index in [1.165, 1.54) is 6.07 Å². The number of alkyl halides is 1. The number of hydrogen-bond donors (Lipinski definition) is 1. The normalized spacial score (nSPS) is 19.7. The van der Waals surface area contributed by atoms with Gasteiger partial charge in [-0.25, -0.2) is 4.39 Å². The molecule has 1 aromatic carbocycles. The first-order valence-electron chi connectivity index (χ1n) is 3.69. The van der Waals surface area contributed by atoms with Crippen LogP contribution in [-0.2, 0) is 5.67 Å². The zero-order valence-electron chi connectivity index (χ0n) is 6.05. The minimum Gasteiger partial charge on any atom is -0.508 e. The zero-order valence-corrected chi connectivity index (χ0v) is 6.05. The van der Waals surface area contributed by atoms with Crippen molar-refractivity contribution < 1.29 is 9.50 Å². The van der Waals surface area contributed by atoms with Crippen molar-refractivity contribution in [2.24, 2.45) is 0 Å². The Bertz CT molecular complexity index is 279.